The highest BCUT2D eigenvalue weighted by Gasteiger charge is 2.19. The molecule has 0 rings (SSSR count). The molecule has 0 aliphatic rings. The second-order valence-electron chi connectivity index (χ2n) is 5.29. The molecular weight excluding hydrogens is 222 g/mol. The summed E-state index contributed by atoms with van der Waals surface area (Å²) in [6.45, 7) is 8.78. The largest absolute Gasteiger partial charge is 0.481 e. The summed E-state index contributed by atoms with van der Waals surface area (Å²) in [6, 6.07) is 0. The van der Waals surface area contributed by atoms with E-state index in [0.717, 1.165) is 0 Å². The number of rotatable bonds is 8. The van der Waals surface area contributed by atoms with Gasteiger partial charge < -0.3 is 15.2 Å². The highest BCUT2D eigenvalue weighted by Crippen LogP contribution is 2.15. The lowest BCUT2D eigenvalue weighted by molar-refractivity contribution is -0.138. The smallest absolute Gasteiger partial charge is 0.303 e. The van der Waals surface area contributed by atoms with Gasteiger partial charge in [-0.05, 0) is 5.92 Å². The lowest BCUT2D eigenvalue weighted by Crippen LogP contribution is -2.36. The Labute approximate surface area is 103 Å². The third-order valence-corrected chi connectivity index (χ3v) is 2.23. The summed E-state index contributed by atoms with van der Waals surface area (Å²) < 4.78 is 5.48. The molecule has 0 saturated heterocycles. The molecule has 1 amide bonds. The van der Waals surface area contributed by atoms with Gasteiger partial charge in [-0.3, -0.25) is 9.59 Å². The third-order valence-electron chi connectivity index (χ3n) is 2.23. The van der Waals surface area contributed by atoms with E-state index in [1.807, 2.05) is 20.8 Å². The number of carboxylic acids is 1. The highest BCUT2D eigenvalue weighted by molar-refractivity contribution is 5.72. The van der Waals surface area contributed by atoms with E-state index in [1.165, 1.54) is 6.92 Å². The monoisotopic (exact) mass is 245 g/mol. The zero-order valence-electron chi connectivity index (χ0n) is 11.1. The van der Waals surface area contributed by atoms with Crippen molar-refractivity contribution in [2.75, 3.05) is 19.8 Å². The maximum Gasteiger partial charge on any atom is 0.303 e. The van der Waals surface area contributed by atoms with Gasteiger partial charge in [0.05, 0.1) is 13.0 Å². The molecule has 1 atom stereocenters. The summed E-state index contributed by atoms with van der Waals surface area (Å²) in [5.41, 5.74) is -0.144. The highest BCUT2D eigenvalue weighted by atomic mass is 16.5. The van der Waals surface area contributed by atoms with Crippen molar-refractivity contribution in [1.82, 2.24) is 5.32 Å². The van der Waals surface area contributed by atoms with Crippen LogP contribution in [0.4, 0.5) is 0 Å². The Balaban J connectivity index is 3.78. The SMILES string of the molecule is CC(=O)NCC(C)(C)COCC(C)CC(=O)O. The molecule has 2 N–H and O–H groups in total. The first-order valence-electron chi connectivity index (χ1n) is 5.77. The standard InChI is InChI=1S/C12H23NO4/c1-9(5-11(15)16)6-17-8-12(3,4)7-13-10(2)14/h9H,5-8H2,1-4H3,(H,13,14)(H,15,16). The number of aliphatic carboxylic acids is 1. The Morgan fingerprint density at radius 1 is 1.41 bits per heavy atom. The molecule has 1 unspecified atom stereocenters. The first-order chi connectivity index (χ1) is 7.73. The van der Waals surface area contributed by atoms with Crippen LogP contribution in [0, 0.1) is 11.3 Å². The molecule has 0 aliphatic heterocycles. The Bertz CT molecular complexity index is 263. The average Bonchev–Trinajstić information content (AvgIpc) is 2.13. The van der Waals surface area contributed by atoms with Crippen molar-refractivity contribution >= 4 is 11.9 Å². The second-order valence-corrected chi connectivity index (χ2v) is 5.29. The lowest BCUT2D eigenvalue weighted by Gasteiger charge is -2.25. The van der Waals surface area contributed by atoms with E-state index in [1.54, 1.807) is 0 Å². The van der Waals surface area contributed by atoms with Crippen LogP contribution in [0.25, 0.3) is 0 Å². The Morgan fingerprint density at radius 2 is 2.00 bits per heavy atom. The first-order valence-corrected chi connectivity index (χ1v) is 5.77. The van der Waals surface area contributed by atoms with Crippen molar-refractivity contribution in [2.24, 2.45) is 11.3 Å². The maximum atomic E-state index is 10.8. The van der Waals surface area contributed by atoms with Gasteiger partial charge in [0.2, 0.25) is 5.91 Å². The van der Waals surface area contributed by atoms with Crippen molar-refractivity contribution in [3.63, 3.8) is 0 Å². The molecule has 0 bridgehead atoms. The number of hydrogen-bond acceptors (Lipinski definition) is 3. The summed E-state index contributed by atoms with van der Waals surface area (Å²) in [5, 5.41) is 11.3. The molecule has 0 aromatic heterocycles. The first kappa shape index (κ1) is 15.9. The lowest BCUT2D eigenvalue weighted by atomic mass is 9.95. The summed E-state index contributed by atoms with van der Waals surface area (Å²) in [7, 11) is 0. The van der Waals surface area contributed by atoms with Crippen LogP contribution in [0.3, 0.4) is 0 Å². The molecule has 0 fully saturated rings. The van der Waals surface area contributed by atoms with Crippen molar-refractivity contribution < 1.29 is 19.4 Å². The second kappa shape index (κ2) is 7.27. The number of carbonyl (C=O) groups is 2. The van der Waals surface area contributed by atoms with Gasteiger partial charge in [-0.15, -0.1) is 0 Å². The minimum atomic E-state index is -0.807. The molecule has 0 aromatic rings. The van der Waals surface area contributed by atoms with Gasteiger partial charge in [-0.1, -0.05) is 20.8 Å². The number of nitrogens with one attached hydrogen (secondary N) is 1. The van der Waals surface area contributed by atoms with Crippen molar-refractivity contribution in [1.29, 1.82) is 0 Å². The molecule has 0 aliphatic carbocycles. The van der Waals surface area contributed by atoms with Crippen LogP contribution in [0.1, 0.15) is 34.1 Å². The van der Waals surface area contributed by atoms with E-state index < -0.39 is 5.97 Å². The van der Waals surface area contributed by atoms with Crippen LogP contribution < -0.4 is 5.32 Å². The van der Waals surface area contributed by atoms with E-state index in [2.05, 4.69) is 5.32 Å². The van der Waals surface area contributed by atoms with E-state index in [0.29, 0.717) is 19.8 Å². The summed E-state index contributed by atoms with van der Waals surface area (Å²) in [5.74, 6) is -0.861. The minimum absolute atomic E-state index is 0.00377. The molecule has 100 valence electrons. The summed E-state index contributed by atoms with van der Waals surface area (Å²) in [4.78, 5) is 21.2. The van der Waals surface area contributed by atoms with Crippen molar-refractivity contribution in [2.45, 2.75) is 34.1 Å². The fourth-order valence-electron chi connectivity index (χ4n) is 1.31. The fourth-order valence-corrected chi connectivity index (χ4v) is 1.31. The van der Waals surface area contributed by atoms with Crippen LogP contribution in [-0.4, -0.2) is 36.7 Å². The van der Waals surface area contributed by atoms with Crippen molar-refractivity contribution in [3.05, 3.63) is 0 Å². The number of carbonyl (C=O) groups excluding carboxylic acids is 1. The number of hydrogen-bond donors (Lipinski definition) is 2. The van der Waals surface area contributed by atoms with Gasteiger partial charge in [0.15, 0.2) is 0 Å². The molecule has 0 saturated carbocycles. The molecule has 0 heterocycles. The fraction of sp³-hybridized carbons (Fsp3) is 0.833. The quantitative estimate of drug-likeness (QED) is 0.675. The molecule has 0 spiro atoms. The van der Waals surface area contributed by atoms with Gasteiger partial charge in [-0.25, -0.2) is 0 Å². The summed E-state index contributed by atoms with van der Waals surface area (Å²) in [6.07, 6.45) is 0.117. The van der Waals surface area contributed by atoms with E-state index in [9.17, 15) is 9.59 Å². The van der Waals surface area contributed by atoms with Crippen molar-refractivity contribution in [3.8, 4) is 0 Å². The van der Waals surface area contributed by atoms with E-state index >= 15 is 0 Å². The zero-order valence-corrected chi connectivity index (χ0v) is 11.1. The van der Waals surface area contributed by atoms with Crippen LogP contribution in [0.15, 0.2) is 0 Å². The summed E-state index contributed by atoms with van der Waals surface area (Å²) >= 11 is 0. The molecule has 0 radical (unpaired) electrons. The number of ether oxygens (including phenoxy) is 1. The Hall–Kier alpha value is -1.10. The van der Waals surface area contributed by atoms with Gasteiger partial charge in [0.1, 0.15) is 0 Å². The van der Waals surface area contributed by atoms with Crippen LogP contribution in [-0.2, 0) is 14.3 Å². The molecule has 5 nitrogen and oxygen atoms in total. The molecule has 0 aromatic carbocycles. The van der Waals surface area contributed by atoms with E-state index in [4.69, 9.17) is 9.84 Å². The molecule has 17 heavy (non-hydrogen) atoms. The number of amides is 1. The average molecular weight is 245 g/mol. The Morgan fingerprint density at radius 3 is 2.47 bits per heavy atom. The van der Waals surface area contributed by atoms with E-state index in [-0.39, 0.29) is 23.7 Å². The predicted octanol–water partition coefficient (Wildman–Crippen LogP) is 1.28. The topological polar surface area (TPSA) is 75.6 Å². The van der Waals surface area contributed by atoms with Gasteiger partial charge in [-0.2, -0.15) is 0 Å². The van der Waals surface area contributed by atoms with Crippen LogP contribution >= 0.6 is 0 Å². The maximum absolute atomic E-state index is 10.8. The van der Waals surface area contributed by atoms with Gasteiger partial charge in [0.25, 0.3) is 0 Å². The molecule has 5 heteroatoms. The minimum Gasteiger partial charge on any atom is -0.481 e. The zero-order chi connectivity index (χ0) is 13.5. The normalized spacial score (nSPS) is 13.2. The van der Waals surface area contributed by atoms with Gasteiger partial charge >= 0.3 is 5.97 Å². The Kier molecular flexibility index (Phi) is 6.80. The third kappa shape index (κ3) is 9.81. The predicted molar refractivity (Wildman–Crippen MR) is 64.7 cm³/mol. The van der Waals surface area contributed by atoms with Crippen LogP contribution in [0.2, 0.25) is 0 Å². The van der Waals surface area contributed by atoms with Gasteiger partial charge in [0, 0.05) is 25.5 Å². The molecular formula is C12H23NO4. The number of carboxylic acid groups (broad SMARTS) is 1. The van der Waals surface area contributed by atoms with Crippen LogP contribution in [0.5, 0.6) is 0 Å².